The third kappa shape index (κ3) is 2.91. The van der Waals surface area contributed by atoms with Gasteiger partial charge in [-0.3, -0.25) is 9.59 Å². The molecular weight excluding hydrogens is 288 g/mol. The van der Waals surface area contributed by atoms with Crippen LogP contribution in [0.15, 0.2) is 24.3 Å². The van der Waals surface area contributed by atoms with E-state index >= 15 is 0 Å². The average Bonchev–Trinajstić information content (AvgIpc) is 2.49. The summed E-state index contributed by atoms with van der Waals surface area (Å²) in [6, 6.07) is 6.90. The third-order valence-corrected chi connectivity index (χ3v) is 4.60. The first-order valence-corrected chi connectivity index (χ1v) is 7.69. The summed E-state index contributed by atoms with van der Waals surface area (Å²) >= 11 is 5.88. The average molecular weight is 309 g/mol. The first-order chi connectivity index (χ1) is 9.93. The normalized spacial score (nSPS) is 21.3. The SMILES string of the molecule is CCC1(CC)NC(=O)C(C)N(Cc2ccc(Cl)cc2)C1=O. The van der Waals surface area contributed by atoms with Crippen molar-refractivity contribution in [1.29, 1.82) is 0 Å². The molecule has 1 atom stereocenters. The minimum absolute atomic E-state index is 0.00505. The fraction of sp³-hybridized carbons (Fsp3) is 0.500. The lowest BCUT2D eigenvalue weighted by molar-refractivity contribution is -0.155. The predicted octanol–water partition coefficient (Wildman–Crippen LogP) is 2.75. The molecule has 0 aromatic heterocycles. The molecule has 0 spiro atoms. The monoisotopic (exact) mass is 308 g/mol. The zero-order chi connectivity index (χ0) is 15.6. The number of nitrogens with one attached hydrogen (secondary N) is 1. The van der Waals surface area contributed by atoms with E-state index in [1.54, 1.807) is 24.0 Å². The largest absolute Gasteiger partial charge is 0.340 e. The summed E-state index contributed by atoms with van der Waals surface area (Å²) in [5.74, 6) is -0.0955. The highest BCUT2D eigenvalue weighted by atomic mass is 35.5. The van der Waals surface area contributed by atoms with E-state index in [0.29, 0.717) is 24.4 Å². The van der Waals surface area contributed by atoms with Crippen molar-refractivity contribution in [2.45, 2.75) is 51.7 Å². The van der Waals surface area contributed by atoms with Gasteiger partial charge in [-0.05, 0) is 37.5 Å². The summed E-state index contributed by atoms with van der Waals surface area (Å²) < 4.78 is 0. The van der Waals surface area contributed by atoms with Crippen molar-refractivity contribution in [3.63, 3.8) is 0 Å². The van der Waals surface area contributed by atoms with E-state index in [4.69, 9.17) is 11.6 Å². The van der Waals surface area contributed by atoms with Crippen LogP contribution in [0, 0.1) is 0 Å². The fourth-order valence-corrected chi connectivity index (χ4v) is 2.84. The maximum absolute atomic E-state index is 12.8. The van der Waals surface area contributed by atoms with Gasteiger partial charge in [0, 0.05) is 11.6 Å². The summed E-state index contributed by atoms with van der Waals surface area (Å²) in [5.41, 5.74) is 0.200. The van der Waals surface area contributed by atoms with E-state index in [2.05, 4.69) is 5.32 Å². The number of amides is 2. The standard InChI is InChI=1S/C16H21ClN2O2/c1-4-16(5-2)15(21)19(11(3)14(20)18-16)10-12-6-8-13(17)9-7-12/h6-9,11H,4-5,10H2,1-3H3,(H,18,20). The number of hydrogen-bond donors (Lipinski definition) is 1. The Hall–Kier alpha value is -1.55. The number of hydrogen-bond acceptors (Lipinski definition) is 2. The summed E-state index contributed by atoms with van der Waals surface area (Å²) in [4.78, 5) is 26.7. The van der Waals surface area contributed by atoms with Gasteiger partial charge in [0.25, 0.3) is 0 Å². The zero-order valence-corrected chi connectivity index (χ0v) is 13.4. The topological polar surface area (TPSA) is 49.4 Å². The number of nitrogens with zero attached hydrogens (tertiary/aromatic N) is 1. The summed E-state index contributed by atoms with van der Waals surface area (Å²) in [6.07, 6.45) is 1.19. The number of piperazine rings is 1. The molecule has 1 aromatic carbocycles. The fourth-order valence-electron chi connectivity index (χ4n) is 2.71. The minimum Gasteiger partial charge on any atom is -0.340 e. The van der Waals surface area contributed by atoms with E-state index in [1.807, 2.05) is 26.0 Å². The van der Waals surface area contributed by atoms with Gasteiger partial charge in [-0.2, -0.15) is 0 Å². The molecule has 1 aliphatic heterocycles. The van der Waals surface area contributed by atoms with E-state index in [-0.39, 0.29) is 11.8 Å². The van der Waals surface area contributed by atoms with Gasteiger partial charge in [0.15, 0.2) is 0 Å². The summed E-state index contributed by atoms with van der Waals surface area (Å²) in [5, 5.41) is 3.56. The second-order valence-electron chi connectivity index (χ2n) is 5.51. The molecule has 5 heteroatoms. The van der Waals surface area contributed by atoms with Crippen LogP contribution < -0.4 is 5.32 Å². The zero-order valence-electron chi connectivity index (χ0n) is 12.6. The van der Waals surface area contributed by atoms with Crippen molar-refractivity contribution in [1.82, 2.24) is 10.2 Å². The van der Waals surface area contributed by atoms with Crippen LogP contribution in [0.1, 0.15) is 39.2 Å². The van der Waals surface area contributed by atoms with Gasteiger partial charge in [-0.15, -0.1) is 0 Å². The Kier molecular flexibility index (Phi) is 4.57. The smallest absolute Gasteiger partial charge is 0.249 e. The number of carbonyl (C=O) groups excluding carboxylic acids is 2. The molecule has 1 saturated heterocycles. The van der Waals surface area contributed by atoms with E-state index in [9.17, 15) is 9.59 Å². The number of benzene rings is 1. The van der Waals surface area contributed by atoms with Crippen LogP contribution in [0.25, 0.3) is 0 Å². The Labute approximate surface area is 130 Å². The van der Waals surface area contributed by atoms with Crippen LogP contribution in [-0.2, 0) is 16.1 Å². The van der Waals surface area contributed by atoms with Gasteiger partial charge in [0.1, 0.15) is 11.6 Å². The van der Waals surface area contributed by atoms with Crippen molar-refractivity contribution in [2.75, 3.05) is 0 Å². The Morgan fingerprint density at radius 1 is 1.19 bits per heavy atom. The highest BCUT2D eigenvalue weighted by molar-refractivity contribution is 6.30. The first-order valence-electron chi connectivity index (χ1n) is 7.31. The number of rotatable bonds is 4. The quantitative estimate of drug-likeness (QED) is 0.930. The maximum Gasteiger partial charge on any atom is 0.249 e. The van der Waals surface area contributed by atoms with Crippen LogP contribution >= 0.6 is 11.6 Å². The van der Waals surface area contributed by atoms with Crippen molar-refractivity contribution in [3.8, 4) is 0 Å². The molecule has 1 aromatic rings. The molecule has 1 heterocycles. The highest BCUT2D eigenvalue weighted by Crippen LogP contribution is 2.26. The Bertz CT molecular complexity index is 538. The van der Waals surface area contributed by atoms with Gasteiger partial charge in [-0.1, -0.05) is 37.6 Å². The summed E-state index contributed by atoms with van der Waals surface area (Å²) in [6.45, 7) is 6.04. The first kappa shape index (κ1) is 15.8. The molecule has 2 rings (SSSR count). The van der Waals surface area contributed by atoms with Gasteiger partial charge in [0.05, 0.1) is 0 Å². The Morgan fingerprint density at radius 3 is 2.29 bits per heavy atom. The van der Waals surface area contributed by atoms with Crippen LogP contribution in [0.4, 0.5) is 0 Å². The molecule has 0 aliphatic carbocycles. The van der Waals surface area contributed by atoms with E-state index < -0.39 is 11.6 Å². The molecular formula is C16H21ClN2O2. The molecule has 2 amide bonds. The van der Waals surface area contributed by atoms with Gasteiger partial charge >= 0.3 is 0 Å². The van der Waals surface area contributed by atoms with E-state index in [1.165, 1.54) is 0 Å². The van der Waals surface area contributed by atoms with Crippen molar-refractivity contribution in [2.24, 2.45) is 0 Å². The Morgan fingerprint density at radius 2 is 1.76 bits per heavy atom. The van der Waals surface area contributed by atoms with Gasteiger partial charge in [-0.25, -0.2) is 0 Å². The molecule has 0 radical (unpaired) electrons. The number of carbonyl (C=O) groups is 2. The lowest BCUT2D eigenvalue weighted by atomic mass is 9.87. The third-order valence-electron chi connectivity index (χ3n) is 4.35. The lowest BCUT2D eigenvalue weighted by Crippen LogP contribution is -2.69. The second kappa shape index (κ2) is 6.06. The molecule has 4 nitrogen and oxygen atoms in total. The minimum atomic E-state index is -0.768. The lowest BCUT2D eigenvalue weighted by Gasteiger charge is -2.44. The van der Waals surface area contributed by atoms with Gasteiger partial charge in [0.2, 0.25) is 11.8 Å². The van der Waals surface area contributed by atoms with Crippen LogP contribution in [-0.4, -0.2) is 28.3 Å². The molecule has 0 saturated carbocycles. The van der Waals surface area contributed by atoms with Gasteiger partial charge < -0.3 is 10.2 Å². The summed E-state index contributed by atoms with van der Waals surface area (Å²) in [7, 11) is 0. The highest BCUT2D eigenvalue weighted by Gasteiger charge is 2.47. The molecule has 0 bridgehead atoms. The maximum atomic E-state index is 12.8. The van der Waals surface area contributed by atoms with Crippen molar-refractivity contribution in [3.05, 3.63) is 34.9 Å². The van der Waals surface area contributed by atoms with Crippen LogP contribution in [0.5, 0.6) is 0 Å². The molecule has 1 N–H and O–H groups in total. The molecule has 114 valence electrons. The molecule has 1 unspecified atom stereocenters. The number of halogens is 1. The van der Waals surface area contributed by atoms with Crippen molar-refractivity contribution >= 4 is 23.4 Å². The van der Waals surface area contributed by atoms with Crippen LogP contribution in [0.2, 0.25) is 5.02 Å². The second-order valence-corrected chi connectivity index (χ2v) is 5.95. The molecule has 21 heavy (non-hydrogen) atoms. The van der Waals surface area contributed by atoms with Crippen molar-refractivity contribution < 1.29 is 9.59 Å². The predicted molar refractivity (Wildman–Crippen MR) is 82.9 cm³/mol. The Balaban J connectivity index is 2.28. The van der Waals surface area contributed by atoms with Crippen LogP contribution in [0.3, 0.4) is 0 Å². The van der Waals surface area contributed by atoms with E-state index in [0.717, 1.165) is 5.56 Å². The molecule has 1 fully saturated rings. The molecule has 1 aliphatic rings.